The fourth-order valence-electron chi connectivity index (χ4n) is 3.76. The van der Waals surface area contributed by atoms with Gasteiger partial charge in [0.05, 0.1) is 12.7 Å². The Hall–Kier alpha value is -1.59. The van der Waals surface area contributed by atoms with Gasteiger partial charge in [0.2, 0.25) is 0 Å². The number of piperidine rings is 1. The Morgan fingerprint density at radius 3 is 2.61 bits per heavy atom. The fraction of sp³-hybridized carbons (Fsp3) is 0.529. The summed E-state index contributed by atoms with van der Waals surface area (Å²) in [5.74, 6) is -1.00. The van der Waals surface area contributed by atoms with E-state index in [-0.39, 0.29) is 12.1 Å². The second-order valence-corrected chi connectivity index (χ2v) is 6.79. The predicted octanol–water partition coefficient (Wildman–Crippen LogP) is 2.23. The first-order chi connectivity index (χ1) is 11.0. The second-order valence-electron chi connectivity index (χ2n) is 6.17. The van der Waals surface area contributed by atoms with E-state index in [1.165, 1.54) is 7.11 Å². The average Bonchev–Trinajstić information content (AvgIpc) is 2.86. The van der Waals surface area contributed by atoms with Gasteiger partial charge in [-0.2, -0.15) is 0 Å². The molecule has 1 aromatic carbocycles. The van der Waals surface area contributed by atoms with Crippen molar-refractivity contribution < 1.29 is 19.1 Å². The van der Waals surface area contributed by atoms with E-state index < -0.39 is 22.9 Å². The molecular weight excluding hydrogens is 318 g/mol. The summed E-state index contributed by atoms with van der Waals surface area (Å²) in [6.45, 7) is 0. The SMILES string of the molecule is COC(=O)[C@]1(Cl)[C@@H](OC(=O)c2ccccc2)C[C@H]2CC[C@@H]1N2C. The monoisotopic (exact) mass is 337 g/mol. The molecule has 1 aromatic rings. The summed E-state index contributed by atoms with van der Waals surface area (Å²) in [5, 5.41) is 0. The highest BCUT2D eigenvalue weighted by molar-refractivity contribution is 6.35. The van der Waals surface area contributed by atoms with Gasteiger partial charge in [0.25, 0.3) is 0 Å². The number of ether oxygens (including phenoxy) is 2. The minimum atomic E-state index is -1.36. The van der Waals surface area contributed by atoms with Gasteiger partial charge in [-0.25, -0.2) is 9.59 Å². The van der Waals surface area contributed by atoms with E-state index in [0.717, 1.165) is 12.8 Å². The molecule has 0 N–H and O–H groups in total. The van der Waals surface area contributed by atoms with E-state index in [4.69, 9.17) is 21.1 Å². The van der Waals surface area contributed by atoms with Crippen molar-refractivity contribution in [3.8, 4) is 0 Å². The van der Waals surface area contributed by atoms with E-state index in [1.54, 1.807) is 24.3 Å². The van der Waals surface area contributed by atoms with Gasteiger partial charge in [-0.1, -0.05) is 18.2 Å². The van der Waals surface area contributed by atoms with E-state index in [1.807, 2.05) is 13.1 Å². The number of nitrogens with zero attached hydrogens (tertiary/aromatic N) is 1. The minimum absolute atomic E-state index is 0.191. The molecule has 2 saturated heterocycles. The van der Waals surface area contributed by atoms with Crippen LogP contribution in [-0.4, -0.2) is 54.1 Å². The first-order valence-electron chi connectivity index (χ1n) is 7.73. The number of esters is 2. The highest BCUT2D eigenvalue weighted by atomic mass is 35.5. The van der Waals surface area contributed by atoms with Gasteiger partial charge in [0, 0.05) is 18.5 Å². The zero-order valence-electron chi connectivity index (χ0n) is 13.2. The van der Waals surface area contributed by atoms with Crippen LogP contribution in [0.15, 0.2) is 30.3 Å². The third kappa shape index (κ3) is 2.62. The summed E-state index contributed by atoms with van der Waals surface area (Å²) in [5.41, 5.74) is 0.447. The van der Waals surface area contributed by atoms with Crippen molar-refractivity contribution in [2.75, 3.05) is 14.2 Å². The zero-order chi connectivity index (χ0) is 16.6. The van der Waals surface area contributed by atoms with Crippen LogP contribution >= 0.6 is 11.6 Å². The Bertz CT molecular complexity index is 608. The fourth-order valence-corrected chi connectivity index (χ4v) is 4.24. The molecule has 0 aliphatic carbocycles. The molecule has 23 heavy (non-hydrogen) atoms. The third-order valence-corrected chi connectivity index (χ3v) is 5.69. The van der Waals surface area contributed by atoms with Crippen LogP contribution in [0.4, 0.5) is 0 Å². The lowest BCUT2D eigenvalue weighted by Gasteiger charge is -2.45. The summed E-state index contributed by atoms with van der Waals surface area (Å²) >= 11 is 6.72. The highest BCUT2D eigenvalue weighted by Crippen LogP contribution is 2.46. The lowest BCUT2D eigenvalue weighted by atomic mass is 9.86. The average molecular weight is 338 g/mol. The number of benzene rings is 1. The highest BCUT2D eigenvalue weighted by Gasteiger charge is 2.61. The maximum atomic E-state index is 12.4. The van der Waals surface area contributed by atoms with Crippen molar-refractivity contribution in [1.82, 2.24) is 4.90 Å². The normalized spacial score (nSPS) is 33.3. The molecule has 0 amide bonds. The summed E-state index contributed by atoms with van der Waals surface area (Å²) in [4.78, 5) is 25.5. The zero-order valence-corrected chi connectivity index (χ0v) is 14.0. The first-order valence-corrected chi connectivity index (χ1v) is 8.11. The molecule has 0 spiro atoms. The molecule has 2 aliphatic heterocycles. The van der Waals surface area contributed by atoms with E-state index >= 15 is 0 Å². The molecule has 124 valence electrons. The van der Waals surface area contributed by atoms with Crippen molar-refractivity contribution in [2.45, 2.75) is 42.3 Å². The van der Waals surface area contributed by atoms with Crippen LogP contribution in [0.5, 0.6) is 0 Å². The van der Waals surface area contributed by atoms with Crippen LogP contribution in [0.25, 0.3) is 0 Å². The van der Waals surface area contributed by atoms with Gasteiger partial charge in [0.15, 0.2) is 4.87 Å². The number of fused-ring (bicyclic) bond motifs is 2. The molecule has 0 saturated carbocycles. The van der Waals surface area contributed by atoms with Gasteiger partial charge < -0.3 is 9.47 Å². The van der Waals surface area contributed by atoms with Crippen LogP contribution in [-0.2, 0) is 14.3 Å². The second kappa shape index (κ2) is 6.13. The number of rotatable bonds is 3. The van der Waals surface area contributed by atoms with E-state index in [2.05, 4.69) is 4.90 Å². The summed E-state index contributed by atoms with van der Waals surface area (Å²) < 4.78 is 10.6. The number of alkyl halides is 1. The number of hydrogen-bond donors (Lipinski definition) is 0. The Morgan fingerprint density at radius 1 is 1.26 bits per heavy atom. The Kier molecular flexibility index (Phi) is 4.34. The number of hydrogen-bond acceptors (Lipinski definition) is 5. The lowest BCUT2D eigenvalue weighted by Crippen LogP contribution is -2.64. The molecule has 4 atom stereocenters. The van der Waals surface area contributed by atoms with Crippen LogP contribution in [0.1, 0.15) is 29.6 Å². The molecule has 0 radical (unpaired) electrons. The Balaban J connectivity index is 1.87. The lowest BCUT2D eigenvalue weighted by molar-refractivity contribution is -0.152. The Labute approximate surface area is 140 Å². The van der Waals surface area contributed by atoms with Crippen molar-refractivity contribution in [2.24, 2.45) is 0 Å². The molecule has 2 heterocycles. The molecule has 0 aromatic heterocycles. The largest absolute Gasteiger partial charge is 0.468 e. The van der Waals surface area contributed by atoms with Gasteiger partial charge in [-0.05, 0) is 32.0 Å². The molecule has 2 aliphatic rings. The van der Waals surface area contributed by atoms with Crippen LogP contribution < -0.4 is 0 Å². The van der Waals surface area contributed by atoms with Gasteiger partial charge in [0.1, 0.15) is 6.10 Å². The Morgan fingerprint density at radius 2 is 1.96 bits per heavy atom. The topological polar surface area (TPSA) is 55.8 Å². The van der Waals surface area contributed by atoms with Crippen molar-refractivity contribution in [3.63, 3.8) is 0 Å². The van der Waals surface area contributed by atoms with Crippen molar-refractivity contribution >= 4 is 23.5 Å². The molecule has 0 unspecified atom stereocenters. The molecule has 3 rings (SSSR count). The predicted molar refractivity (Wildman–Crippen MR) is 85.4 cm³/mol. The molecular formula is C17H20ClNO4. The number of halogens is 1. The molecule has 2 fully saturated rings. The van der Waals surface area contributed by atoms with Crippen LogP contribution in [0, 0.1) is 0 Å². The molecule has 6 heteroatoms. The van der Waals surface area contributed by atoms with E-state index in [9.17, 15) is 9.59 Å². The van der Waals surface area contributed by atoms with Crippen LogP contribution in [0.3, 0.4) is 0 Å². The maximum absolute atomic E-state index is 12.4. The number of methoxy groups -OCH3 is 1. The number of carbonyl (C=O) groups is 2. The van der Waals surface area contributed by atoms with Crippen molar-refractivity contribution in [3.05, 3.63) is 35.9 Å². The molecule has 5 nitrogen and oxygen atoms in total. The first kappa shape index (κ1) is 16.3. The van der Waals surface area contributed by atoms with Gasteiger partial charge in [-0.15, -0.1) is 11.6 Å². The smallest absolute Gasteiger partial charge is 0.338 e. The van der Waals surface area contributed by atoms with Crippen molar-refractivity contribution in [1.29, 1.82) is 0 Å². The summed E-state index contributed by atoms with van der Waals surface area (Å²) in [7, 11) is 3.27. The van der Waals surface area contributed by atoms with Crippen LogP contribution in [0.2, 0.25) is 0 Å². The summed E-state index contributed by atoms with van der Waals surface area (Å²) in [6.07, 6.45) is 1.56. The van der Waals surface area contributed by atoms with E-state index in [0.29, 0.717) is 12.0 Å². The van der Waals surface area contributed by atoms with Gasteiger partial charge in [-0.3, -0.25) is 4.90 Å². The van der Waals surface area contributed by atoms with Gasteiger partial charge >= 0.3 is 11.9 Å². The minimum Gasteiger partial charge on any atom is -0.468 e. The summed E-state index contributed by atoms with van der Waals surface area (Å²) in [6, 6.07) is 8.80. The quantitative estimate of drug-likeness (QED) is 0.625. The third-order valence-electron chi connectivity index (χ3n) is 5.04. The number of carbonyl (C=O) groups excluding carboxylic acids is 2. The standard InChI is InChI=1S/C17H20ClNO4/c1-19-12-8-9-13(19)17(18,16(21)22-2)14(10-12)23-15(20)11-6-4-3-5-7-11/h3-7,12-14H,8-10H2,1-2H3/t12-,13+,14+,17-/m1/s1. The molecule has 2 bridgehead atoms. The maximum Gasteiger partial charge on any atom is 0.338 e.